The van der Waals surface area contributed by atoms with Crippen LogP contribution in [0.4, 0.5) is 10.5 Å². The maximum atomic E-state index is 12.9. The standard InChI is InChI=1S/C20H29NO2/c1-13(2)17-10-9-14(3)11-19(17)23-20(22)21-15(4)12-16-7-5-6-8-18(16)21/h5-8,13-15,17,19H,9-12H2,1-4H3/t14-,15?,17+,19-/m1/s1. The number of ether oxygens (including phenoxy) is 1. The van der Waals surface area contributed by atoms with Crippen molar-refractivity contribution in [3.63, 3.8) is 0 Å². The van der Waals surface area contributed by atoms with E-state index in [0.29, 0.717) is 17.8 Å². The van der Waals surface area contributed by atoms with Gasteiger partial charge in [0.25, 0.3) is 0 Å². The predicted molar refractivity (Wildman–Crippen MR) is 93.7 cm³/mol. The quantitative estimate of drug-likeness (QED) is 0.765. The van der Waals surface area contributed by atoms with Crippen molar-refractivity contribution < 1.29 is 9.53 Å². The topological polar surface area (TPSA) is 29.5 Å². The molecular weight excluding hydrogens is 286 g/mol. The van der Waals surface area contributed by atoms with E-state index in [0.717, 1.165) is 18.5 Å². The van der Waals surface area contributed by atoms with Gasteiger partial charge in [-0.15, -0.1) is 0 Å². The fraction of sp³-hybridized carbons (Fsp3) is 0.650. The molecule has 3 heteroatoms. The summed E-state index contributed by atoms with van der Waals surface area (Å²) >= 11 is 0. The van der Waals surface area contributed by atoms with Gasteiger partial charge in [0.15, 0.2) is 0 Å². The smallest absolute Gasteiger partial charge is 0.414 e. The number of amides is 1. The van der Waals surface area contributed by atoms with Crippen LogP contribution in [0, 0.1) is 17.8 Å². The molecule has 0 aromatic heterocycles. The third-order valence-electron chi connectivity index (χ3n) is 5.62. The first-order valence-electron chi connectivity index (χ1n) is 9.05. The second kappa shape index (κ2) is 6.54. The van der Waals surface area contributed by atoms with Crippen LogP contribution in [0.2, 0.25) is 0 Å². The third-order valence-corrected chi connectivity index (χ3v) is 5.62. The number of fused-ring (bicyclic) bond motifs is 1. The lowest BCUT2D eigenvalue weighted by Crippen LogP contribution is -2.42. The summed E-state index contributed by atoms with van der Waals surface area (Å²) in [5, 5.41) is 0. The number of carbonyl (C=O) groups excluding carboxylic acids is 1. The van der Waals surface area contributed by atoms with Gasteiger partial charge >= 0.3 is 6.09 Å². The largest absolute Gasteiger partial charge is 0.446 e. The van der Waals surface area contributed by atoms with E-state index in [9.17, 15) is 4.79 Å². The van der Waals surface area contributed by atoms with Crippen molar-refractivity contribution in [3.8, 4) is 0 Å². The highest BCUT2D eigenvalue weighted by molar-refractivity contribution is 5.91. The van der Waals surface area contributed by atoms with Gasteiger partial charge in [0.05, 0.1) is 5.69 Å². The predicted octanol–water partition coefficient (Wildman–Crippen LogP) is 5.04. The van der Waals surface area contributed by atoms with E-state index < -0.39 is 0 Å². The van der Waals surface area contributed by atoms with Crippen molar-refractivity contribution in [2.45, 2.75) is 65.5 Å². The molecule has 1 heterocycles. The minimum Gasteiger partial charge on any atom is -0.446 e. The summed E-state index contributed by atoms with van der Waals surface area (Å²) in [6, 6.07) is 8.36. The van der Waals surface area contributed by atoms with Crippen molar-refractivity contribution >= 4 is 11.8 Å². The molecule has 4 atom stereocenters. The Kier molecular flexibility index (Phi) is 4.65. The molecule has 1 saturated carbocycles. The molecule has 3 nitrogen and oxygen atoms in total. The Labute approximate surface area is 140 Å². The average molecular weight is 315 g/mol. The fourth-order valence-electron chi connectivity index (χ4n) is 4.28. The van der Waals surface area contributed by atoms with Gasteiger partial charge in [-0.2, -0.15) is 0 Å². The summed E-state index contributed by atoms with van der Waals surface area (Å²) in [6.07, 6.45) is 4.24. The lowest BCUT2D eigenvalue weighted by Gasteiger charge is -2.37. The van der Waals surface area contributed by atoms with Crippen LogP contribution in [0.15, 0.2) is 24.3 Å². The van der Waals surface area contributed by atoms with Crippen molar-refractivity contribution in [2.75, 3.05) is 4.90 Å². The molecule has 126 valence electrons. The third kappa shape index (κ3) is 3.24. The van der Waals surface area contributed by atoms with Crippen LogP contribution in [0.25, 0.3) is 0 Å². The minimum atomic E-state index is -0.160. The van der Waals surface area contributed by atoms with Crippen molar-refractivity contribution in [1.82, 2.24) is 0 Å². The summed E-state index contributed by atoms with van der Waals surface area (Å²) in [4.78, 5) is 14.7. The lowest BCUT2D eigenvalue weighted by molar-refractivity contribution is 0.00897. The molecule has 1 fully saturated rings. The van der Waals surface area contributed by atoms with Gasteiger partial charge in [-0.05, 0) is 55.6 Å². The van der Waals surface area contributed by atoms with E-state index in [1.807, 2.05) is 23.1 Å². The van der Waals surface area contributed by atoms with Gasteiger partial charge in [0.1, 0.15) is 6.10 Å². The normalized spacial score (nSPS) is 30.4. The summed E-state index contributed by atoms with van der Waals surface area (Å²) in [6.45, 7) is 8.86. The molecule has 1 aliphatic heterocycles. The Bertz CT molecular complexity index is 569. The summed E-state index contributed by atoms with van der Waals surface area (Å²) in [5.74, 6) is 1.69. The Balaban J connectivity index is 1.75. The molecule has 23 heavy (non-hydrogen) atoms. The molecule has 0 bridgehead atoms. The van der Waals surface area contributed by atoms with Crippen LogP contribution in [0.5, 0.6) is 0 Å². The van der Waals surface area contributed by atoms with Crippen LogP contribution in [-0.4, -0.2) is 18.2 Å². The molecule has 3 rings (SSSR count). The molecule has 0 N–H and O–H groups in total. The number of anilines is 1. The van der Waals surface area contributed by atoms with Crippen molar-refractivity contribution in [1.29, 1.82) is 0 Å². The number of benzene rings is 1. The molecular formula is C20H29NO2. The molecule has 1 aliphatic carbocycles. The molecule has 1 amide bonds. The summed E-state index contributed by atoms with van der Waals surface area (Å²) in [7, 11) is 0. The maximum Gasteiger partial charge on any atom is 0.414 e. The van der Waals surface area contributed by atoms with Crippen LogP contribution < -0.4 is 4.90 Å². The number of hydrogen-bond acceptors (Lipinski definition) is 2. The zero-order valence-corrected chi connectivity index (χ0v) is 14.8. The molecule has 1 aromatic rings. The van der Waals surface area contributed by atoms with Gasteiger partial charge in [0, 0.05) is 6.04 Å². The zero-order chi connectivity index (χ0) is 16.6. The molecule has 1 aromatic carbocycles. The maximum absolute atomic E-state index is 12.9. The minimum absolute atomic E-state index is 0.0613. The summed E-state index contributed by atoms with van der Waals surface area (Å²) < 4.78 is 6.03. The van der Waals surface area contributed by atoms with E-state index in [1.54, 1.807) is 0 Å². The van der Waals surface area contributed by atoms with E-state index in [4.69, 9.17) is 4.74 Å². The van der Waals surface area contributed by atoms with Gasteiger partial charge in [-0.25, -0.2) is 4.79 Å². The first-order valence-corrected chi connectivity index (χ1v) is 9.05. The number of hydrogen-bond donors (Lipinski definition) is 0. The Morgan fingerprint density at radius 1 is 1.22 bits per heavy atom. The highest BCUT2D eigenvalue weighted by Crippen LogP contribution is 2.37. The number of rotatable bonds is 2. The second-order valence-corrected chi connectivity index (χ2v) is 7.80. The van der Waals surface area contributed by atoms with Gasteiger partial charge in [0.2, 0.25) is 0 Å². The van der Waals surface area contributed by atoms with Crippen molar-refractivity contribution in [2.24, 2.45) is 17.8 Å². The molecule has 0 radical (unpaired) electrons. The Hall–Kier alpha value is -1.51. The van der Waals surface area contributed by atoms with Crippen molar-refractivity contribution in [3.05, 3.63) is 29.8 Å². The molecule has 0 saturated heterocycles. The zero-order valence-electron chi connectivity index (χ0n) is 14.8. The van der Waals surface area contributed by atoms with Crippen LogP contribution >= 0.6 is 0 Å². The molecule has 2 aliphatic rings. The number of para-hydroxylation sites is 1. The van der Waals surface area contributed by atoms with Crippen LogP contribution in [0.3, 0.4) is 0 Å². The van der Waals surface area contributed by atoms with E-state index in [1.165, 1.54) is 18.4 Å². The van der Waals surface area contributed by atoms with Gasteiger partial charge in [-0.3, -0.25) is 4.90 Å². The van der Waals surface area contributed by atoms with E-state index in [2.05, 4.69) is 33.8 Å². The summed E-state index contributed by atoms with van der Waals surface area (Å²) in [5.41, 5.74) is 2.27. The van der Waals surface area contributed by atoms with E-state index >= 15 is 0 Å². The van der Waals surface area contributed by atoms with Gasteiger partial charge < -0.3 is 4.74 Å². The fourth-order valence-corrected chi connectivity index (χ4v) is 4.28. The first kappa shape index (κ1) is 16.4. The van der Waals surface area contributed by atoms with Crippen LogP contribution in [-0.2, 0) is 11.2 Å². The Morgan fingerprint density at radius 2 is 1.96 bits per heavy atom. The second-order valence-electron chi connectivity index (χ2n) is 7.80. The Morgan fingerprint density at radius 3 is 2.70 bits per heavy atom. The highest BCUT2D eigenvalue weighted by Gasteiger charge is 2.37. The molecule has 0 spiro atoms. The van der Waals surface area contributed by atoms with Crippen LogP contribution in [0.1, 0.15) is 52.5 Å². The SMILES string of the molecule is CC(C)[C@@H]1CC[C@@H](C)C[C@H]1OC(=O)N1c2ccccc2CC1C. The monoisotopic (exact) mass is 315 g/mol. The average Bonchev–Trinajstić information content (AvgIpc) is 2.82. The van der Waals surface area contributed by atoms with Gasteiger partial charge in [-0.1, -0.05) is 45.4 Å². The number of nitrogens with zero attached hydrogens (tertiary/aromatic N) is 1. The lowest BCUT2D eigenvalue weighted by atomic mass is 9.75. The van der Waals surface area contributed by atoms with E-state index in [-0.39, 0.29) is 18.2 Å². The number of carbonyl (C=O) groups is 1. The molecule has 1 unspecified atom stereocenters. The highest BCUT2D eigenvalue weighted by atomic mass is 16.6. The first-order chi connectivity index (χ1) is 11.0.